The molecule has 0 radical (unpaired) electrons. The molecule has 1 aromatic heterocycles. The minimum Gasteiger partial charge on any atom is -0.340 e. The number of amides is 1. The van der Waals surface area contributed by atoms with Crippen molar-refractivity contribution in [2.24, 2.45) is 11.8 Å². The first-order chi connectivity index (χ1) is 9.33. The fourth-order valence-corrected chi connectivity index (χ4v) is 3.74. The van der Waals surface area contributed by atoms with Gasteiger partial charge < -0.3 is 14.8 Å². The lowest BCUT2D eigenvalue weighted by molar-refractivity contribution is 0.0765. The summed E-state index contributed by atoms with van der Waals surface area (Å²) in [5.41, 5.74) is 0.901. The predicted octanol–water partition coefficient (Wildman–Crippen LogP) is 1.50. The molecule has 2 saturated heterocycles. The van der Waals surface area contributed by atoms with Gasteiger partial charge in [-0.2, -0.15) is 0 Å². The van der Waals surface area contributed by atoms with E-state index in [2.05, 4.69) is 21.0 Å². The van der Waals surface area contributed by atoms with Gasteiger partial charge in [0.2, 0.25) is 0 Å². The lowest BCUT2D eigenvalue weighted by Crippen LogP contribution is -2.34. The van der Waals surface area contributed by atoms with E-state index in [1.165, 1.54) is 19.3 Å². The van der Waals surface area contributed by atoms with Gasteiger partial charge in [-0.05, 0) is 43.2 Å². The molecule has 4 nitrogen and oxygen atoms in total. The van der Waals surface area contributed by atoms with E-state index in [9.17, 15) is 4.79 Å². The van der Waals surface area contributed by atoms with Gasteiger partial charge in [-0.1, -0.05) is 0 Å². The van der Waals surface area contributed by atoms with Gasteiger partial charge in [-0.25, -0.2) is 0 Å². The maximum atomic E-state index is 12.7. The van der Waals surface area contributed by atoms with Crippen LogP contribution in [0, 0.1) is 11.8 Å². The number of hydrogen-bond donors (Lipinski definition) is 1. The highest BCUT2D eigenvalue weighted by molar-refractivity contribution is 5.93. The molecule has 4 rings (SSSR count). The van der Waals surface area contributed by atoms with Crippen molar-refractivity contribution in [3.05, 3.63) is 24.0 Å². The third-order valence-corrected chi connectivity index (χ3v) is 5.14. The van der Waals surface area contributed by atoms with Gasteiger partial charge in [0, 0.05) is 38.4 Å². The summed E-state index contributed by atoms with van der Waals surface area (Å²) in [5, 5.41) is 3.42. The van der Waals surface area contributed by atoms with Crippen LogP contribution in [0.1, 0.15) is 35.8 Å². The molecule has 1 aliphatic carbocycles. The zero-order valence-corrected chi connectivity index (χ0v) is 11.2. The molecule has 2 aliphatic heterocycles. The predicted molar refractivity (Wildman–Crippen MR) is 73.1 cm³/mol. The molecule has 0 spiro atoms. The molecule has 0 aromatic carbocycles. The van der Waals surface area contributed by atoms with E-state index in [1.807, 2.05) is 12.1 Å². The zero-order chi connectivity index (χ0) is 12.8. The van der Waals surface area contributed by atoms with E-state index in [4.69, 9.17) is 0 Å². The molecule has 1 aromatic rings. The zero-order valence-electron chi connectivity index (χ0n) is 11.2. The molecule has 3 heterocycles. The van der Waals surface area contributed by atoms with E-state index >= 15 is 0 Å². The number of fused-ring (bicyclic) bond motifs is 1. The van der Waals surface area contributed by atoms with E-state index in [0.29, 0.717) is 17.9 Å². The molecule has 3 aliphatic rings. The summed E-state index contributed by atoms with van der Waals surface area (Å²) >= 11 is 0. The van der Waals surface area contributed by atoms with Crippen molar-refractivity contribution >= 4 is 5.91 Å². The summed E-state index contributed by atoms with van der Waals surface area (Å²) in [6, 6.07) is 4.58. The molecule has 0 unspecified atom stereocenters. The number of nitrogens with one attached hydrogen (secondary N) is 1. The third kappa shape index (κ3) is 1.81. The smallest absolute Gasteiger partial charge is 0.270 e. The summed E-state index contributed by atoms with van der Waals surface area (Å²) in [7, 11) is 0. The van der Waals surface area contributed by atoms with E-state index in [1.54, 1.807) is 0 Å². The maximum absolute atomic E-state index is 12.7. The van der Waals surface area contributed by atoms with Gasteiger partial charge >= 0.3 is 0 Å². The van der Waals surface area contributed by atoms with Crippen LogP contribution in [-0.4, -0.2) is 41.6 Å². The Morgan fingerprint density at radius 1 is 1.21 bits per heavy atom. The Bertz CT molecular complexity index is 479. The summed E-state index contributed by atoms with van der Waals surface area (Å²) < 4.78 is 2.21. The lowest BCUT2D eigenvalue weighted by atomic mass is 9.93. The molecule has 19 heavy (non-hydrogen) atoms. The standard InChI is InChI=1S/C15H21N3O/c19-15(17-9-11-7-16-8-12(11)10-17)14-5-2-6-18(14)13-3-1-4-13/h2,5-6,11-13,16H,1,3-4,7-10H2/t11-,12+. The maximum Gasteiger partial charge on any atom is 0.270 e. The topological polar surface area (TPSA) is 37.3 Å². The summed E-state index contributed by atoms with van der Waals surface area (Å²) in [5.74, 6) is 1.60. The van der Waals surface area contributed by atoms with Gasteiger partial charge in [0.05, 0.1) is 0 Å². The first-order valence-electron chi connectivity index (χ1n) is 7.50. The molecule has 3 fully saturated rings. The van der Waals surface area contributed by atoms with Crippen molar-refractivity contribution < 1.29 is 4.79 Å². The minimum absolute atomic E-state index is 0.242. The van der Waals surface area contributed by atoms with Gasteiger partial charge in [-0.15, -0.1) is 0 Å². The van der Waals surface area contributed by atoms with E-state index in [-0.39, 0.29) is 5.91 Å². The molecule has 102 valence electrons. The Hall–Kier alpha value is -1.29. The fraction of sp³-hybridized carbons (Fsp3) is 0.667. The number of nitrogens with zero attached hydrogens (tertiary/aromatic N) is 2. The Morgan fingerprint density at radius 2 is 1.95 bits per heavy atom. The molecular formula is C15H21N3O. The van der Waals surface area contributed by atoms with Crippen molar-refractivity contribution in [2.45, 2.75) is 25.3 Å². The van der Waals surface area contributed by atoms with Gasteiger partial charge in [0.1, 0.15) is 5.69 Å². The Balaban J connectivity index is 1.53. The first-order valence-corrected chi connectivity index (χ1v) is 7.50. The first kappa shape index (κ1) is 11.5. The summed E-state index contributed by atoms with van der Waals surface area (Å²) in [4.78, 5) is 14.8. The number of carbonyl (C=O) groups excluding carboxylic acids is 1. The van der Waals surface area contributed by atoms with Crippen LogP contribution in [0.25, 0.3) is 0 Å². The summed E-state index contributed by atoms with van der Waals surface area (Å²) in [6.45, 7) is 4.04. The Kier molecular flexibility index (Phi) is 2.65. The molecule has 1 amide bonds. The molecule has 4 heteroatoms. The molecule has 1 N–H and O–H groups in total. The highest BCUT2D eigenvalue weighted by atomic mass is 16.2. The fourth-order valence-electron chi connectivity index (χ4n) is 3.74. The molecule has 2 atom stereocenters. The molecule has 1 saturated carbocycles. The molecule has 0 bridgehead atoms. The van der Waals surface area contributed by atoms with Gasteiger partial charge in [0.15, 0.2) is 0 Å². The Morgan fingerprint density at radius 3 is 2.58 bits per heavy atom. The quantitative estimate of drug-likeness (QED) is 0.874. The number of likely N-dealkylation sites (tertiary alicyclic amines) is 1. The second kappa shape index (κ2) is 4.37. The van der Waals surface area contributed by atoms with Crippen LogP contribution in [0.15, 0.2) is 18.3 Å². The number of hydrogen-bond acceptors (Lipinski definition) is 2. The number of carbonyl (C=O) groups is 1. The molecular weight excluding hydrogens is 238 g/mol. The second-order valence-electron chi connectivity index (χ2n) is 6.27. The lowest BCUT2D eigenvalue weighted by Gasteiger charge is -2.29. The van der Waals surface area contributed by atoms with Gasteiger partial charge in [-0.3, -0.25) is 4.79 Å². The highest BCUT2D eigenvalue weighted by Crippen LogP contribution is 2.34. The number of aromatic nitrogens is 1. The second-order valence-corrected chi connectivity index (χ2v) is 6.27. The third-order valence-electron chi connectivity index (χ3n) is 5.14. The normalized spacial score (nSPS) is 30.4. The van der Waals surface area contributed by atoms with Crippen LogP contribution in [0.2, 0.25) is 0 Å². The monoisotopic (exact) mass is 259 g/mol. The van der Waals surface area contributed by atoms with Crippen molar-refractivity contribution in [3.63, 3.8) is 0 Å². The van der Waals surface area contributed by atoms with Gasteiger partial charge in [0.25, 0.3) is 5.91 Å². The van der Waals surface area contributed by atoms with Crippen LogP contribution >= 0.6 is 0 Å². The van der Waals surface area contributed by atoms with Crippen LogP contribution < -0.4 is 5.32 Å². The minimum atomic E-state index is 0.242. The van der Waals surface area contributed by atoms with Crippen LogP contribution in [0.5, 0.6) is 0 Å². The average molecular weight is 259 g/mol. The SMILES string of the molecule is O=C(c1cccn1C1CCC1)N1C[C@H]2CNC[C@H]2C1. The van der Waals surface area contributed by atoms with Crippen molar-refractivity contribution in [1.29, 1.82) is 0 Å². The number of rotatable bonds is 2. The van der Waals surface area contributed by atoms with Crippen molar-refractivity contribution in [3.8, 4) is 0 Å². The Labute approximate surface area is 113 Å². The van der Waals surface area contributed by atoms with Crippen molar-refractivity contribution in [2.75, 3.05) is 26.2 Å². The van der Waals surface area contributed by atoms with Crippen LogP contribution in [-0.2, 0) is 0 Å². The van der Waals surface area contributed by atoms with E-state index < -0.39 is 0 Å². The average Bonchev–Trinajstić information content (AvgIpc) is 2.99. The van der Waals surface area contributed by atoms with E-state index in [0.717, 1.165) is 31.9 Å². The van der Waals surface area contributed by atoms with Crippen molar-refractivity contribution in [1.82, 2.24) is 14.8 Å². The largest absolute Gasteiger partial charge is 0.340 e. The van der Waals surface area contributed by atoms with Crippen LogP contribution in [0.3, 0.4) is 0 Å². The van der Waals surface area contributed by atoms with Crippen LogP contribution in [0.4, 0.5) is 0 Å². The summed E-state index contributed by atoms with van der Waals surface area (Å²) in [6.07, 6.45) is 5.83. The highest BCUT2D eigenvalue weighted by Gasteiger charge is 2.39.